The van der Waals surface area contributed by atoms with Crippen LogP contribution in [-0.2, 0) is 19.1 Å². The molecule has 1 aromatic carbocycles. The summed E-state index contributed by atoms with van der Waals surface area (Å²) in [6.07, 6.45) is 9.27. The molecule has 1 aromatic rings. The number of benzene rings is 1. The van der Waals surface area contributed by atoms with Gasteiger partial charge in [0.2, 0.25) is 17.7 Å². The molecule has 2 saturated heterocycles. The predicted molar refractivity (Wildman–Crippen MR) is 142 cm³/mol. The highest BCUT2D eigenvalue weighted by molar-refractivity contribution is 6.04. The van der Waals surface area contributed by atoms with Crippen LogP contribution in [0.5, 0.6) is 5.75 Å². The predicted octanol–water partition coefficient (Wildman–Crippen LogP) is 2.15. The largest absolute Gasteiger partial charge is 0.494 e. The Bertz CT molecular complexity index is 1150. The Hall–Kier alpha value is -3.17. The molecule has 4 heterocycles. The molecule has 204 valence electrons. The molecule has 9 nitrogen and oxygen atoms in total. The number of rotatable bonds is 8. The summed E-state index contributed by atoms with van der Waals surface area (Å²) in [5.74, 6) is -1.78. The van der Waals surface area contributed by atoms with Crippen molar-refractivity contribution in [3.05, 3.63) is 48.6 Å². The molecule has 0 saturated carbocycles. The Balaban J connectivity index is 1.56. The van der Waals surface area contributed by atoms with Crippen molar-refractivity contribution in [3.8, 4) is 5.75 Å². The second-order valence-electron chi connectivity index (χ2n) is 10.6. The highest BCUT2D eigenvalue weighted by Crippen LogP contribution is 2.57. The van der Waals surface area contributed by atoms with Crippen molar-refractivity contribution in [1.82, 2.24) is 9.80 Å². The Morgan fingerprint density at radius 3 is 2.39 bits per heavy atom. The lowest BCUT2D eigenvalue weighted by Crippen LogP contribution is -2.56. The Morgan fingerprint density at radius 2 is 1.71 bits per heavy atom. The fourth-order valence-corrected chi connectivity index (χ4v) is 6.59. The molecular formula is C29H37N3O6. The Kier molecular flexibility index (Phi) is 7.09. The number of carbonyl (C=O) groups excluding carboxylic acids is 3. The van der Waals surface area contributed by atoms with Gasteiger partial charge in [-0.15, -0.1) is 0 Å². The highest BCUT2D eigenvalue weighted by atomic mass is 16.5. The molecule has 0 aliphatic carbocycles. The molecule has 5 atom stereocenters. The van der Waals surface area contributed by atoms with Gasteiger partial charge in [0, 0.05) is 31.9 Å². The number of nitrogens with zero attached hydrogens (tertiary/aromatic N) is 3. The molecule has 1 N–H and O–H groups in total. The molecule has 5 rings (SSSR count). The van der Waals surface area contributed by atoms with Crippen LogP contribution in [0.4, 0.5) is 5.69 Å². The summed E-state index contributed by atoms with van der Waals surface area (Å²) in [5, 5.41) is 9.82. The molecule has 0 radical (unpaired) electrons. The number of anilines is 1. The first kappa shape index (κ1) is 26.4. The number of unbranched alkanes of at least 4 members (excludes halogenated alkanes) is 1. The molecule has 38 heavy (non-hydrogen) atoms. The number of hydrogen-bond acceptors (Lipinski definition) is 6. The number of carbonyl (C=O) groups is 3. The Labute approximate surface area is 223 Å². The van der Waals surface area contributed by atoms with Crippen LogP contribution in [-0.4, -0.2) is 89.3 Å². The summed E-state index contributed by atoms with van der Waals surface area (Å²) in [6, 6.07) is 6.38. The number of likely N-dealkylation sites (tertiary alicyclic amines) is 1. The standard InChI is InChI=1S/C29H37N3O6/c1-4-6-15-30-16-8-14-29-23(26(35)32(18-19-33)24(29)27(30)36)22-25(34)31(17-7-13-28(22,3)38-29)20-9-11-21(12-10-20)37-5-2/h7-14,22-24,33H,4-6,15-19H2,1-3H3/t22-,23+,24?,28+,29+/m1/s1. The van der Waals surface area contributed by atoms with Crippen molar-refractivity contribution in [2.75, 3.05) is 44.3 Å². The molecule has 1 spiro atoms. The summed E-state index contributed by atoms with van der Waals surface area (Å²) < 4.78 is 12.3. The van der Waals surface area contributed by atoms with Crippen molar-refractivity contribution in [1.29, 1.82) is 0 Å². The lowest BCUT2D eigenvalue weighted by atomic mass is 9.74. The lowest BCUT2D eigenvalue weighted by molar-refractivity contribution is -0.151. The van der Waals surface area contributed by atoms with Crippen molar-refractivity contribution < 1.29 is 29.0 Å². The van der Waals surface area contributed by atoms with Gasteiger partial charge in [-0.3, -0.25) is 14.4 Å². The van der Waals surface area contributed by atoms with Crippen LogP contribution >= 0.6 is 0 Å². The summed E-state index contributed by atoms with van der Waals surface area (Å²) >= 11 is 0. The zero-order valence-electron chi connectivity index (χ0n) is 22.3. The van der Waals surface area contributed by atoms with Crippen molar-refractivity contribution in [2.24, 2.45) is 11.8 Å². The van der Waals surface area contributed by atoms with Gasteiger partial charge in [-0.05, 0) is 44.5 Å². The van der Waals surface area contributed by atoms with Gasteiger partial charge >= 0.3 is 0 Å². The van der Waals surface area contributed by atoms with Gasteiger partial charge in [0.25, 0.3) is 0 Å². The van der Waals surface area contributed by atoms with E-state index in [1.54, 1.807) is 9.80 Å². The van der Waals surface area contributed by atoms with Gasteiger partial charge in [-0.1, -0.05) is 37.6 Å². The van der Waals surface area contributed by atoms with E-state index in [-0.39, 0.29) is 30.9 Å². The average molecular weight is 524 g/mol. The molecular weight excluding hydrogens is 486 g/mol. The number of fused-ring (bicyclic) bond motifs is 2. The topological polar surface area (TPSA) is 99.6 Å². The molecule has 2 fully saturated rings. The third-order valence-electron chi connectivity index (χ3n) is 8.22. The van der Waals surface area contributed by atoms with Crippen molar-refractivity contribution in [3.63, 3.8) is 0 Å². The number of ether oxygens (including phenoxy) is 2. The SMILES string of the molecule is CCCCN1CC=C[C@]23O[C@@]4(C)C=CCN(c5ccc(OCC)cc5)C(=O)[C@H]4[C@H]2C(=O)N(CCO)C3C1=O. The van der Waals surface area contributed by atoms with Crippen LogP contribution in [0.15, 0.2) is 48.6 Å². The van der Waals surface area contributed by atoms with E-state index in [9.17, 15) is 19.5 Å². The summed E-state index contributed by atoms with van der Waals surface area (Å²) in [5.41, 5.74) is -1.68. The van der Waals surface area contributed by atoms with Crippen LogP contribution in [0.2, 0.25) is 0 Å². The first-order valence-corrected chi connectivity index (χ1v) is 13.6. The molecule has 0 bridgehead atoms. The summed E-state index contributed by atoms with van der Waals surface area (Å²) in [4.78, 5) is 47.1. The number of β-amino-alcohol motifs (C(OH)–C–C–N with tert-alkyl or cyclic N) is 1. The van der Waals surface area contributed by atoms with Crippen LogP contribution in [0.25, 0.3) is 0 Å². The van der Waals surface area contributed by atoms with Crippen LogP contribution < -0.4 is 9.64 Å². The molecule has 0 aromatic heterocycles. The number of aliphatic hydroxyl groups is 1. The minimum absolute atomic E-state index is 0.00236. The van der Waals surface area contributed by atoms with Crippen LogP contribution in [0.3, 0.4) is 0 Å². The second kappa shape index (κ2) is 10.2. The fourth-order valence-electron chi connectivity index (χ4n) is 6.59. The van der Waals surface area contributed by atoms with Gasteiger partial charge in [0.15, 0.2) is 0 Å². The molecule has 4 aliphatic rings. The highest BCUT2D eigenvalue weighted by Gasteiger charge is 2.74. The van der Waals surface area contributed by atoms with Gasteiger partial charge in [0.1, 0.15) is 17.4 Å². The third kappa shape index (κ3) is 4.03. The quantitative estimate of drug-likeness (QED) is 0.525. The maximum atomic E-state index is 14.3. The zero-order valence-corrected chi connectivity index (χ0v) is 22.3. The summed E-state index contributed by atoms with van der Waals surface area (Å²) in [7, 11) is 0. The maximum absolute atomic E-state index is 14.3. The smallest absolute Gasteiger partial charge is 0.249 e. The van der Waals surface area contributed by atoms with Gasteiger partial charge in [-0.25, -0.2) is 0 Å². The monoisotopic (exact) mass is 523 g/mol. The van der Waals surface area contributed by atoms with E-state index in [2.05, 4.69) is 6.92 Å². The molecule has 3 amide bonds. The first-order chi connectivity index (χ1) is 18.3. The minimum atomic E-state index is -1.30. The average Bonchev–Trinajstić information content (AvgIpc) is 3.16. The van der Waals surface area contributed by atoms with E-state index >= 15 is 0 Å². The number of aliphatic hydroxyl groups excluding tert-OH is 1. The van der Waals surface area contributed by atoms with Crippen LogP contribution in [0, 0.1) is 11.8 Å². The summed E-state index contributed by atoms with van der Waals surface area (Å²) in [6.45, 7) is 7.39. The second-order valence-corrected chi connectivity index (χ2v) is 10.6. The van der Waals surface area contributed by atoms with E-state index in [1.807, 2.05) is 62.4 Å². The van der Waals surface area contributed by atoms with Crippen molar-refractivity contribution >= 4 is 23.4 Å². The number of amides is 3. The van der Waals surface area contributed by atoms with Crippen LogP contribution in [0.1, 0.15) is 33.6 Å². The van der Waals surface area contributed by atoms with Crippen molar-refractivity contribution in [2.45, 2.75) is 50.9 Å². The maximum Gasteiger partial charge on any atom is 0.249 e. The van der Waals surface area contributed by atoms with E-state index < -0.39 is 29.1 Å². The molecule has 9 heteroatoms. The van der Waals surface area contributed by atoms with E-state index in [0.29, 0.717) is 37.7 Å². The Morgan fingerprint density at radius 1 is 0.974 bits per heavy atom. The first-order valence-electron chi connectivity index (χ1n) is 13.6. The molecule has 1 unspecified atom stereocenters. The fraction of sp³-hybridized carbons (Fsp3) is 0.552. The number of hydrogen-bond donors (Lipinski definition) is 1. The lowest BCUT2D eigenvalue weighted by Gasteiger charge is -2.37. The molecule has 4 aliphatic heterocycles. The normalized spacial score (nSPS) is 32.3. The van der Waals surface area contributed by atoms with E-state index in [0.717, 1.165) is 12.8 Å². The van der Waals surface area contributed by atoms with E-state index in [1.165, 1.54) is 4.90 Å². The van der Waals surface area contributed by atoms with E-state index in [4.69, 9.17) is 9.47 Å². The third-order valence-corrected chi connectivity index (χ3v) is 8.22. The van der Waals surface area contributed by atoms with Gasteiger partial charge in [0.05, 0.1) is 30.7 Å². The van der Waals surface area contributed by atoms with Gasteiger partial charge in [-0.2, -0.15) is 0 Å². The van der Waals surface area contributed by atoms with Gasteiger partial charge < -0.3 is 29.3 Å². The minimum Gasteiger partial charge on any atom is -0.494 e. The zero-order chi connectivity index (χ0) is 27.1.